The second-order valence-electron chi connectivity index (χ2n) is 9.33. The lowest BCUT2D eigenvalue weighted by Crippen LogP contribution is -2.05. The first-order chi connectivity index (χ1) is 16.7. The standard InChI is InChI=1S/C29H32N2O4/c1-17(2)20-8-10-22(11-9-20)35-15-14-21-6-5-7-25-28(21)24(29(34)31-25)16-26-18(3)23(19(4)30-26)12-13-27(32)33/h5-11,16-17,30H,12-15H2,1-4H3,(H,31,34)(H,32,33)/b24-16-. The fourth-order valence-electron chi connectivity index (χ4n) is 4.61. The van der Waals surface area contributed by atoms with Gasteiger partial charge in [0, 0.05) is 35.5 Å². The molecule has 0 aliphatic carbocycles. The number of fused-ring (bicyclic) bond motifs is 1. The van der Waals surface area contributed by atoms with Gasteiger partial charge in [-0.05, 0) is 72.7 Å². The number of benzene rings is 2. The van der Waals surface area contributed by atoms with E-state index in [-0.39, 0.29) is 12.3 Å². The molecule has 6 nitrogen and oxygen atoms in total. The number of hydrogen-bond donors (Lipinski definition) is 3. The molecule has 1 aromatic heterocycles. The van der Waals surface area contributed by atoms with Crippen LogP contribution in [0.2, 0.25) is 0 Å². The van der Waals surface area contributed by atoms with Crippen LogP contribution >= 0.6 is 0 Å². The van der Waals surface area contributed by atoms with E-state index < -0.39 is 5.97 Å². The number of amides is 1. The Balaban J connectivity index is 1.56. The minimum Gasteiger partial charge on any atom is -0.493 e. The van der Waals surface area contributed by atoms with Gasteiger partial charge in [-0.25, -0.2) is 0 Å². The van der Waals surface area contributed by atoms with E-state index in [1.807, 2.05) is 50.3 Å². The minimum atomic E-state index is -0.822. The molecule has 0 spiro atoms. The zero-order valence-electron chi connectivity index (χ0n) is 20.7. The van der Waals surface area contributed by atoms with Gasteiger partial charge in [0.2, 0.25) is 0 Å². The Kier molecular flexibility index (Phi) is 7.10. The second kappa shape index (κ2) is 10.2. The van der Waals surface area contributed by atoms with Gasteiger partial charge in [-0.15, -0.1) is 0 Å². The van der Waals surface area contributed by atoms with E-state index in [1.165, 1.54) is 5.56 Å². The SMILES string of the molecule is Cc1[nH]c(/C=C2\C(=O)Nc3cccc(CCOc4ccc(C(C)C)cc4)c32)c(C)c1CCC(=O)O. The predicted molar refractivity (Wildman–Crippen MR) is 139 cm³/mol. The van der Waals surface area contributed by atoms with Crippen molar-refractivity contribution in [2.24, 2.45) is 0 Å². The molecule has 2 aromatic carbocycles. The van der Waals surface area contributed by atoms with Gasteiger partial charge in [-0.3, -0.25) is 9.59 Å². The Bertz CT molecular complexity index is 1280. The molecule has 182 valence electrons. The van der Waals surface area contributed by atoms with E-state index in [4.69, 9.17) is 9.84 Å². The molecule has 1 aliphatic heterocycles. The Morgan fingerprint density at radius 1 is 1.09 bits per heavy atom. The maximum absolute atomic E-state index is 12.9. The van der Waals surface area contributed by atoms with E-state index in [9.17, 15) is 9.59 Å². The zero-order valence-corrected chi connectivity index (χ0v) is 20.7. The lowest BCUT2D eigenvalue weighted by molar-refractivity contribution is -0.137. The van der Waals surface area contributed by atoms with Crippen LogP contribution in [0.4, 0.5) is 5.69 Å². The van der Waals surface area contributed by atoms with Gasteiger partial charge in [0.1, 0.15) is 5.75 Å². The monoisotopic (exact) mass is 472 g/mol. The third-order valence-electron chi connectivity index (χ3n) is 6.61. The molecule has 0 radical (unpaired) electrons. The largest absolute Gasteiger partial charge is 0.493 e. The Morgan fingerprint density at radius 3 is 2.51 bits per heavy atom. The highest BCUT2D eigenvalue weighted by molar-refractivity contribution is 6.35. The van der Waals surface area contributed by atoms with E-state index in [0.29, 0.717) is 30.9 Å². The van der Waals surface area contributed by atoms with Gasteiger partial charge in [-0.2, -0.15) is 0 Å². The summed E-state index contributed by atoms with van der Waals surface area (Å²) in [6, 6.07) is 14.1. The summed E-state index contributed by atoms with van der Waals surface area (Å²) in [7, 11) is 0. The second-order valence-corrected chi connectivity index (χ2v) is 9.33. The van der Waals surface area contributed by atoms with Gasteiger partial charge in [0.25, 0.3) is 5.91 Å². The maximum atomic E-state index is 12.9. The molecule has 0 saturated carbocycles. The first kappa shape index (κ1) is 24.3. The molecular weight excluding hydrogens is 440 g/mol. The van der Waals surface area contributed by atoms with Crippen molar-refractivity contribution in [1.29, 1.82) is 0 Å². The molecule has 0 unspecified atom stereocenters. The molecule has 35 heavy (non-hydrogen) atoms. The lowest BCUT2D eigenvalue weighted by Gasteiger charge is -2.11. The summed E-state index contributed by atoms with van der Waals surface area (Å²) in [6.45, 7) is 8.73. The molecule has 2 heterocycles. The number of carbonyl (C=O) groups is 2. The Labute approximate surface area is 206 Å². The lowest BCUT2D eigenvalue weighted by atomic mass is 9.97. The van der Waals surface area contributed by atoms with Crippen molar-refractivity contribution in [2.45, 2.75) is 52.9 Å². The molecule has 6 heteroatoms. The number of aliphatic carboxylic acids is 1. The van der Waals surface area contributed by atoms with Crippen molar-refractivity contribution < 1.29 is 19.4 Å². The summed E-state index contributed by atoms with van der Waals surface area (Å²) in [4.78, 5) is 27.3. The molecular formula is C29H32N2O4. The van der Waals surface area contributed by atoms with Gasteiger partial charge >= 0.3 is 5.97 Å². The van der Waals surface area contributed by atoms with Crippen LogP contribution in [0.5, 0.6) is 5.75 Å². The maximum Gasteiger partial charge on any atom is 0.303 e. The van der Waals surface area contributed by atoms with Crippen molar-refractivity contribution >= 4 is 29.2 Å². The van der Waals surface area contributed by atoms with Crippen LogP contribution in [0.3, 0.4) is 0 Å². The summed E-state index contributed by atoms with van der Waals surface area (Å²) >= 11 is 0. The van der Waals surface area contributed by atoms with Gasteiger partial charge in [0.15, 0.2) is 0 Å². The van der Waals surface area contributed by atoms with Crippen molar-refractivity contribution in [3.63, 3.8) is 0 Å². The van der Waals surface area contributed by atoms with E-state index in [2.05, 4.69) is 36.3 Å². The summed E-state index contributed by atoms with van der Waals surface area (Å²) < 4.78 is 5.99. The molecule has 0 saturated heterocycles. The van der Waals surface area contributed by atoms with Crippen LogP contribution < -0.4 is 10.1 Å². The summed E-state index contributed by atoms with van der Waals surface area (Å²) in [5.74, 6) is 0.345. The van der Waals surface area contributed by atoms with Crippen molar-refractivity contribution in [1.82, 2.24) is 4.98 Å². The number of carboxylic acids is 1. The van der Waals surface area contributed by atoms with Crippen LogP contribution in [0, 0.1) is 13.8 Å². The predicted octanol–water partition coefficient (Wildman–Crippen LogP) is 5.89. The fraction of sp³-hybridized carbons (Fsp3) is 0.310. The van der Waals surface area contributed by atoms with E-state index in [1.54, 1.807) is 0 Å². The molecule has 1 amide bonds. The summed E-state index contributed by atoms with van der Waals surface area (Å²) in [5.41, 5.74) is 8.34. The number of anilines is 1. The molecule has 1 aliphatic rings. The van der Waals surface area contributed by atoms with Crippen LogP contribution in [0.15, 0.2) is 42.5 Å². The molecule has 0 atom stereocenters. The third-order valence-corrected chi connectivity index (χ3v) is 6.61. The van der Waals surface area contributed by atoms with Gasteiger partial charge < -0.3 is 20.1 Å². The van der Waals surface area contributed by atoms with Crippen LogP contribution in [-0.4, -0.2) is 28.6 Å². The number of nitrogens with one attached hydrogen (secondary N) is 2. The smallest absolute Gasteiger partial charge is 0.303 e. The van der Waals surface area contributed by atoms with E-state index >= 15 is 0 Å². The first-order valence-electron chi connectivity index (χ1n) is 12.0. The first-order valence-corrected chi connectivity index (χ1v) is 12.0. The minimum absolute atomic E-state index is 0.0726. The molecule has 4 rings (SSSR count). The fourth-order valence-corrected chi connectivity index (χ4v) is 4.61. The highest BCUT2D eigenvalue weighted by Crippen LogP contribution is 2.37. The topological polar surface area (TPSA) is 91.4 Å². The number of ether oxygens (including phenoxy) is 1. The van der Waals surface area contributed by atoms with Crippen molar-refractivity contribution in [3.05, 3.63) is 81.7 Å². The van der Waals surface area contributed by atoms with Crippen LogP contribution in [0.25, 0.3) is 11.6 Å². The number of hydrogen-bond acceptors (Lipinski definition) is 3. The number of carbonyl (C=O) groups excluding carboxylic acids is 1. The van der Waals surface area contributed by atoms with Crippen LogP contribution in [-0.2, 0) is 22.4 Å². The number of aryl methyl sites for hydroxylation is 1. The molecule has 3 N–H and O–H groups in total. The average molecular weight is 473 g/mol. The summed E-state index contributed by atoms with van der Waals surface area (Å²) in [6.07, 6.45) is 3.07. The molecule has 0 fully saturated rings. The number of H-pyrrole nitrogens is 1. The molecule has 3 aromatic rings. The Morgan fingerprint density at radius 2 is 1.83 bits per heavy atom. The number of aromatic amines is 1. The number of carboxylic acid groups (broad SMARTS) is 1. The average Bonchev–Trinajstić information content (AvgIpc) is 3.28. The van der Waals surface area contributed by atoms with Gasteiger partial charge in [-0.1, -0.05) is 38.1 Å². The summed E-state index contributed by atoms with van der Waals surface area (Å²) in [5, 5.41) is 12.0. The zero-order chi connectivity index (χ0) is 25.1. The number of rotatable bonds is 9. The third kappa shape index (κ3) is 5.32. The quantitative estimate of drug-likeness (QED) is 0.339. The van der Waals surface area contributed by atoms with Crippen molar-refractivity contribution in [3.8, 4) is 5.75 Å². The van der Waals surface area contributed by atoms with Crippen molar-refractivity contribution in [2.75, 3.05) is 11.9 Å². The van der Waals surface area contributed by atoms with Gasteiger partial charge in [0.05, 0.1) is 12.2 Å². The highest BCUT2D eigenvalue weighted by atomic mass is 16.5. The van der Waals surface area contributed by atoms with Crippen LogP contribution in [0.1, 0.15) is 65.4 Å². The Hall–Kier alpha value is -3.80. The van der Waals surface area contributed by atoms with E-state index in [0.717, 1.165) is 45.1 Å². The normalized spacial score (nSPS) is 13.9. The molecule has 0 bridgehead atoms. The highest BCUT2D eigenvalue weighted by Gasteiger charge is 2.27. The number of aromatic nitrogens is 1.